The van der Waals surface area contributed by atoms with E-state index in [-0.39, 0.29) is 43.5 Å². The number of amides is 3. The lowest BCUT2D eigenvalue weighted by atomic mass is 9.97. The average molecular weight is 684 g/mol. The number of thioether (sulfide) groups is 1. The smallest absolute Gasteiger partial charge is 0.243 e. The van der Waals surface area contributed by atoms with Crippen LogP contribution in [-0.2, 0) is 37.0 Å². The van der Waals surface area contributed by atoms with Crippen molar-refractivity contribution in [1.29, 1.82) is 0 Å². The molecule has 0 aromatic heterocycles. The molecule has 4 aromatic rings. The number of ether oxygens (including phenoxy) is 2. The maximum Gasteiger partial charge on any atom is 0.243 e. The van der Waals surface area contributed by atoms with Gasteiger partial charge in [0.15, 0.2) is 6.29 Å². The number of rotatable bonds is 14. The fourth-order valence-corrected chi connectivity index (χ4v) is 6.49. The van der Waals surface area contributed by atoms with E-state index in [4.69, 9.17) is 14.7 Å². The zero-order chi connectivity index (χ0) is 34.6. The van der Waals surface area contributed by atoms with Crippen molar-refractivity contribution >= 4 is 35.2 Å². The second kappa shape index (κ2) is 17.8. The molecule has 0 saturated carbocycles. The second-order valence-corrected chi connectivity index (χ2v) is 12.9. The molecule has 5 N–H and O–H groups in total. The van der Waals surface area contributed by atoms with Crippen LogP contribution in [0.15, 0.2) is 102 Å². The quantitative estimate of drug-likeness (QED) is 0.0581. The molecule has 0 bridgehead atoms. The zero-order valence-electron chi connectivity index (χ0n) is 27.3. The van der Waals surface area contributed by atoms with Crippen LogP contribution in [0.25, 0.3) is 11.1 Å². The van der Waals surface area contributed by atoms with Gasteiger partial charge in [-0.15, -0.1) is 11.8 Å². The van der Waals surface area contributed by atoms with Crippen molar-refractivity contribution in [3.63, 3.8) is 0 Å². The van der Waals surface area contributed by atoms with Gasteiger partial charge >= 0.3 is 0 Å². The van der Waals surface area contributed by atoms with Crippen molar-refractivity contribution in [1.82, 2.24) is 10.8 Å². The van der Waals surface area contributed by atoms with E-state index in [0.29, 0.717) is 25.1 Å². The fraction of sp³-hybridized carbons (Fsp3) is 0.289. The first-order valence-corrected chi connectivity index (χ1v) is 17.2. The van der Waals surface area contributed by atoms with Crippen LogP contribution in [0.1, 0.15) is 67.3 Å². The van der Waals surface area contributed by atoms with Crippen molar-refractivity contribution in [2.45, 2.75) is 69.2 Å². The maximum absolute atomic E-state index is 12.4. The van der Waals surface area contributed by atoms with Crippen molar-refractivity contribution < 1.29 is 34.2 Å². The molecule has 4 aromatic carbocycles. The monoisotopic (exact) mass is 683 g/mol. The van der Waals surface area contributed by atoms with Crippen LogP contribution in [-0.4, -0.2) is 39.9 Å². The summed E-state index contributed by atoms with van der Waals surface area (Å²) < 4.78 is 13.1. The lowest BCUT2D eigenvalue weighted by Crippen LogP contribution is -2.31. The number of carbonyl (C=O) groups excluding carboxylic acids is 3. The maximum atomic E-state index is 12.4. The van der Waals surface area contributed by atoms with E-state index in [0.717, 1.165) is 44.0 Å². The van der Waals surface area contributed by atoms with Crippen LogP contribution < -0.4 is 16.1 Å². The number of aliphatic hydroxyl groups is 1. The van der Waals surface area contributed by atoms with Gasteiger partial charge in [-0.3, -0.25) is 19.6 Å². The molecule has 0 radical (unpaired) electrons. The first kappa shape index (κ1) is 35.8. The van der Waals surface area contributed by atoms with Crippen molar-refractivity contribution in [2.24, 2.45) is 0 Å². The summed E-state index contributed by atoms with van der Waals surface area (Å²) in [5.74, 6) is -0.0886. The van der Waals surface area contributed by atoms with Gasteiger partial charge in [0.05, 0.1) is 18.8 Å². The first-order valence-electron chi connectivity index (χ1n) is 16.2. The Labute approximate surface area is 290 Å². The predicted molar refractivity (Wildman–Crippen MR) is 187 cm³/mol. The minimum Gasteiger partial charge on any atom is -0.392 e. The number of aliphatic hydroxyl groups excluding tert-OH is 1. The molecule has 1 fully saturated rings. The Hall–Kier alpha value is -4.52. The molecule has 11 heteroatoms. The van der Waals surface area contributed by atoms with Crippen LogP contribution in [0.4, 0.5) is 5.69 Å². The highest BCUT2D eigenvalue weighted by atomic mass is 32.2. The minimum atomic E-state index is -0.597. The van der Waals surface area contributed by atoms with Crippen LogP contribution in [0.5, 0.6) is 0 Å². The molecule has 0 aliphatic carbocycles. The number of hydrogen-bond acceptors (Lipinski definition) is 8. The minimum absolute atomic E-state index is 0.0229. The summed E-state index contributed by atoms with van der Waals surface area (Å²) in [6.07, 6.45) is 0.353. The molecule has 1 saturated heterocycles. The van der Waals surface area contributed by atoms with Crippen LogP contribution >= 0.6 is 11.8 Å². The van der Waals surface area contributed by atoms with Gasteiger partial charge < -0.3 is 25.2 Å². The van der Waals surface area contributed by atoms with Crippen LogP contribution in [0, 0.1) is 0 Å². The van der Waals surface area contributed by atoms with Crippen LogP contribution in [0.3, 0.4) is 0 Å². The molecular weight excluding hydrogens is 642 g/mol. The number of hydrogen-bond donors (Lipinski definition) is 5. The first-order chi connectivity index (χ1) is 23.8. The highest BCUT2D eigenvalue weighted by molar-refractivity contribution is 7.99. The molecule has 256 valence electrons. The average Bonchev–Trinajstić information content (AvgIpc) is 3.13. The standard InChI is InChI=1S/C38H41N3O7S/c1-25(43)40-31-17-19-33(20-18-31)49-24-32-21-35(28-11-9-26(23-42)10-12-28)48-38(47-32)29-15-13-27(14-16-29)34-6-3-2-5-30(34)22-39-36(44)7-4-8-37(45)41-46/h2-3,5-6,9-20,32,35,38,42,46H,4,7-8,21-24H2,1H3,(H,39,44)(H,40,43)(H,41,45)/t32-,35+,38+/m0/s1. The van der Waals surface area contributed by atoms with Gasteiger partial charge in [0.25, 0.3) is 0 Å². The second-order valence-electron chi connectivity index (χ2n) is 11.8. The third-order valence-electron chi connectivity index (χ3n) is 8.15. The van der Waals surface area contributed by atoms with E-state index in [1.165, 1.54) is 6.92 Å². The number of hydroxylamine groups is 1. The van der Waals surface area contributed by atoms with Crippen molar-refractivity contribution in [3.05, 3.63) is 119 Å². The number of carbonyl (C=O) groups is 3. The zero-order valence-corrected chi connectivity index (χ0v) is 28.1. The molecule has 10 nitrogen and oxygen atoms in total. The Morgan fingerprint density at radius 2 is 1.53 bits per heavy atom. The Bertz CT molecular complexity index is 1700. The number of benzene rings is 4. The molecule has 1 aliphatic heterocycles. The SMILES string of the molecule is CC(=O)Nc1ccc(SC[C@@H]2C[C@H](c3ccc(CO)cc3)O[C@H](c3ccc(-c4ccccc4CNC(=O)CCCC(=O)NO)cc3)O2)cc1. The molecule has 1 aliphatic rings. The van der Waals surface area contributed by atoms with E-state index in [9.17, 15) is 19.5 Å². The van der Waals surface area contributed by atoms with Gasteiger partial charge in [-0.1, -0.05) is 72.8 Å². The molecule has 49 heavy (non-hydrogen) atoms. The summed E-state index contributed by atoms with van der Waals surface area (Å²) in [5.41, 5.74) is 7.99. The third kappa shape index (κ3) is 10.5. The summed E-state index contributed by atoms with van der Waals surface area (Å²) in [6.45, 7) is 1.80. The largest absolute Gasteiger partial charge is 0.392 e. The molecule has 3 atom stereocenters. The third-order valence-corrected chi connectivity index (χ3v) is 9.29. The highest BCUT2D eigenvalue weighted by Gasteiger charge is 2.32. The Morgan fingerprint density at radius 3 is 2.22 bits per heavy atom. The molecule has 1 heterocycles. The molecule has 0 spiro atoms. The van der Waals surface area contributed by atoms with E-state index < -0.39 is 12.2 Å². The Morgan fingerprint density at radius 1 is 0.837 bits per heavy atom. The lowest BCUT2D eigenvalue weighted by Gasteiger charge is -2.36. The Kier molecular flexibility index (Phi) is 13.0. The predicted octanol–water partition coefficient (Wildman–Crippen LogP) is 6.43. The van der Waals surface area contributed by atoms with E-state index >= 15 is 0 Å². The normalized spacial score (nSPS) is 17.2. The van der Waals surface area contributed by atoms with Gasteiger partial charge in [0.2, 0.25) is 17.7 Å². The van der Waals surface area contributed by atoms with Crippen molar-refractivity contribution in [2.75, 3.05) is 11.1 Å². The molecule has 3 amide bonds. The van der Waals surface area contributed by atoms with E-state index in [1.54, 1.807) is 17.2 Å². The summed E-state index contributed by atoms with van der Waals surface area (Å²) in [7, 11) is 0. The number of nitrogens with one attached hydrogen (secondary N) is 3. The highest BCUT2D eigenvalue weighted by Crippen LogP contribution is 2.40. The number of anilines is 1. The summed E-state index contributed by atoms with van der Waals surface area (Å²) >= 11 is 1.69. The lowest BCUT2D eigenvalue weighted by molar-refractivity contribution is -0.245. The molecular formula is C38H41N3O7S. The van der Waals surface area contributed by atoms with Crippen molar-refractivity contribution in [3.8, 4) is 11.1 Å². The van der Waals surface area contributed by atoms with Gasteiger partial charge in [0.1, 0.15) is 0 Å². The van der Waals surface area contributed by atoms with Gasteiger partial charge in [-0.25, -0.2) is 5.48 Å². The fourth-order valence-electron chi connectivity index (χ4n) is 5.57. The van der Waals surface area contributed by atoms with Gasteiger partial charge in [-0.2, -0.15) is 0 Å². The van der Waals surface area contributed by atoms with E-state index in [1.807, 2.05) is 97.1 Å². The molecule has 5 rings (SSSR count). The Balaban J connectivity index is 1.27. The van der Waals surface area contributed by atoms with Crippen LogP contribution in [0.2, 0.25) is 0 Å². The topological polar surface area (TPSA) is 146 Å². The van der Waals surface area contributed by atoms with E-state index in [2.05, 4.69) is 10.6 Å². The summed E-state index contributed by atoms with van der Waals surface area (Å²) in [4.78, 5) is 36.0. The summed E-state index contributed by atoms with van der Waals surface area (Å²) in [6, 6.07) is 31.5. The molecule has 0 unspecified atom stereocenters. The summed E-state index contributed by atoms with van der Waals surface area (Å²) in [5, 5.41) is 23.9. The van der Waals surface area contributed by atoms with Gasteiger partial charge in [-0.05, 0) is 58.5 Å². The van der Waals surface area contributed by atoms with Gasteiger partial charge in [0, 0.05) is 54.6 Å².